The first kappa shape index (κ1) is 19.3. The Morgan fingerprint density at radius 2 is 1.92 bits per heavy atom. The first-order chi connectivity index (χ1) is 12.5. The number of furan rings is 1. The highest BCUT2D eigenvalue weighted by atomic mass is 35.5. The van der Waals surface area contributed by atoms with Crippen LogP contribution in [0.15, 0.2) is 40.3 Å². The SMILES string of the molecule is CCOC(=O)/C(C#N)=C\c1ccc(-c2ccc(Cl)c(C(=O)OCC)c2)o1. The molecule has 0 aliphatic rings. The summed E-state index contributed by atoms with van der Waals surface area (Å²) in [5.74, 6) is -0.499. The first-order valence-electron chi connectivity index (χ1n) is 7.85. The summed E-state index contributed by atoms with van der Waals surface area (Å²) in [7, 11) is 0. The number of benzene rings is 1. The molecule has 0 bridgehead atoms. The largest absolute Gasteiger partial charge is 0.462 e. The third-order valence-corrected chi connectivity index (χ3v) is 3.60. The van der Waals surface area contributed by atoms with Crippen LogP contribution in [0.4, 0.5) is 0 Å². The molecule has 1 aromatic heterocycles. The van der Waals surface area contributed by atoms with Gasteiger partial charge in [0.15, 0.2) is 0 Å². The van der Waals surface area contributed by atoms with Crippen molar-refractivity contribution in [2.75, 3.05) is 13.2 Å². The highest BCUT2D eigenvalue weighted by Gasteiger charge is 2.15. The van der Waals surface area contributed by atoms with Gasteiger partial charge in [0.1, 0.15) is 23.2 Å². The fraction of sp³-hybridized carbons (Fsp3) is 0.211. The van der Waals surface area contributed by atoms with Gasteiger partial charge in [-0.15, -0.1) is 0 Å². The highest BCUT2D eigenvalue weighted by Crippen LogP contribution is 2.28. The van der Waals surface area contributed by atoms with Crippen LogP contribution in [0.5, 0.6) is 0 Å². The summed E-state index contributed by atoms with van der Waals surface area (Å²) >= 11 is 6.04. The predicted octanol–water partition coefficient (Wildman–Crippen LogP) is 4.25. The van der Waals surface area contributed by atoms with E-state index in [1.54, 1.807) is 50.2 Å². The second kappa shape index (κ2) is 8.88. The summed E-state index contributed by atoms with van der Waals surface area (Å²) in [5.41, 5.74) is 0.659. The van der Waals surface area contributed by atoms with E-state index >= 15 is 0 Å². The lowest BCUT2D eigenvalue weighted by atomic mass is 10.1. The zero-order chi connectivity index (χ0) is 19.1. The predicted molar refractivity (Wildman–Crippen MR) is 95.3 cm³/mol. The van der Waals surface area contributed by atoms with E-state index in [9.17, 15) is 9.59 Å². The van der Waals surface area contributed by atoms with Crippen molar-refractivity contribution in [1.29, 1.82) is 5.26 Å². The number of halogens is 1. The Morgan fingerprint density at radius 3 is 2.58 bits per heavy atom. The Morgan fingerprint density at radius 1 is 1.19 bits per heavy atom. The van der Waals surface area contributed by atoms with E-state index in [0.29, 0.717) is 17.1 Å². The number of esters is 2. The van der Waals surface area contributed by atoms with E-state index in [0.717, 1.165) is 0 Å². The number of hydrogen-bond donors (Lipinski definition) is 0. The molecule has 2 rings (SSSR count). The van der Waals surface area contributed by atoms with Gasteiger partial charge in [-0.3, -0.25) is 0 Å². The van der Waals surface area contributed by atoms with Gasteiger partial charge in [-0.25, -0.2) is 9.59 Å². The minimum Gasteiger partial charge on any atom is -0.462 e. The summed E-state index contributed by atoms with van der Waals surface area (Å²) in [5, 5.41) is 9.33. The van der Waals surface area contributed by atoms with Crippen LogP contribution in [0.2, 0.25) is 5.02 Å². The van der Waals surface area contributed by atoms with Gasteiger partial charge in [-0.05, 0) is 44.2 Å². The average Bonchev–Trinajstić information content (AvgIpc) is 3.09. The van der Waals surface area contributed by atoms with Gasteiger partial charge < -0.3 is 13.9 Å². The molecule has 7 heteroatoms. The third kappa shape index (κ3) is 4.52. The Labute approximate surface area is 155 Å². The maximum absolute atomic E-state index is 11.9. The fourth-order valence-electron chi connectivity index (χ4n) is 2.12. The van der Waals surface area contributed by atoms with Gasteiger partial charge in [0.25, 0.3) is 0 Å². The Hall–Kier alpha value is -3.04. The number of carbonyl (C=O) groups is 2. The standard InChI is InChI=1S/C19H16ClNO5/c1-3-24-18(22)13(11-21)9-14-6-8-17(26-14)12-5-7-16(20)15(10-12)19(23)25-4-2/h5-10H,3-4H2,1-2H3/b13-9-. The molecule has 1 heterocycles. The van der Waals surface area contributed by atoms with Gasteiger partial charge in [0, 0.05) is 11.6 Å². The van der Waals surface area contributed by atoms with Gasteiger partial charge in [-0.1, -0.05) is 11.6 Å². The van der Waals surface area contributed by atoms with Crippen LogP contribution in [-0.2, 0) is 14.3 Å². The lowest BCUT2D eigenvalue weighted by Gasteiger charge is -2.06. The summed E-state index contributed by atoms with van der Waals surface area (Å²) in [6.07, 6.45) is 1.30. The quantitative estimate of drug-likeness (QED) is 0.427. The fourth-order valence-corrected chi connectivity index (χ4v) is 2.31. The molecule has 0 aliphatic carbocycles. The van der Waals surface area contributed by atoms with Crippen molar-refractivity contribution >= 4 is 29.6 Å². The molecule has 1 aromatic carbocycles. The third-order valence-electron chi connectivity index (χ3n) is 3.28. The number of rotatable bonds is 6. The van der Waals surface area contributed by atoms with Crippen molar-refractivity contribution in [3.05, 3.63) is 52.3 Å². The topological polar surface area (TPSA) is 89.5 Å². The molecule has 2 aromatic rings. The number of carbonyl (C=O) groups excluding carboxylic acids is 2. The van der Waals surface area contributed by atoms with Crippen molar-refractivity contribution in [1.82, 2.24) is 0 Å². The van der Waals surface area contributed by atoms with Crippen LogP contribution in [-0.4, -0.2) is 25.2 Å². The molecular weight excluding hydrogens is 358 g/mol. The molecular formula is C19H16ClNO5. The zero-order valence-corrected chi connectivity index (χ0v) is 15.0. The number of hydrogen-bond acceptors (Lipinski definition) is 6. The molecule has 0 radical (unpaired) electrons. The minimum absolute atomic E-state index is 0.169. The minimum atomic E-state index is -0.718. The molecule has 0 unspecified atom stereocenters. The van der Waals surface area contributed by atoms with Gasteiger partial charge >= 0.3 is 11.9 Å². The highest BCUT2D eigenvalue weighted by molar-refractivity contribution is 6.33. The molecule has 0 saturated carbocycles. The maximum Gasteiger partial charge on any atom is 0.349 e. The summed E-state index contributed by atoms with van der Waals surface area (Å²) in [4.78, 5) is 23.6. The van der Waals surface area contributed by atoms with E-state index in [4.69, 9.17) is 30.8 Å². The lowest BCUT2D eigenvalue weighted by Crippen LogP contribution is -2.05. The van der Waals surface area contributed by atoms with Crippen molar-refractivity contribution in [3.8, 4) is 17.4 Å². The van der Waals surface area contributed by atoms with Crippen LogP contribution < -0.4 is 0 Å². The first-order valence-corrected chi connectivity index (χ1v) is 8.23. The van der Waals surface area contributed by atoms with Gasteiger partial charge in [0.05, 0.1) is 23.8 Å². The Bertz CT molecular complexity index is 892. The summed E-state index contributed by atoms with van der Waals surface area (Å²) < 4.78 is 15.4. The average molecular weight is 374 g/mol. The van der Waals surface area contributed by atoms with E-state index < -0.39 is 11.9 Å². The number of nitrogens with zero attached hydrogens (tertiary/aromatic N) is 1. The molecule has 0 atom stereocenters. The van der Waals surface area contributed by atoms with Crippen LogP contribution >= 0.6 is 11.6 Å². The zero-order valence-electron chi connectivity index (χ0n) is 14.2. The van der Waals surface area contributed by atoms with Crippen LogP contribution in [0.1, 0.15) is 30.0 Å². The normalized spacial score (nSPS) is 10.9. The van der Waals surface area contributed by atoms with Crippen molar-refractivity contribution < 1.29 is 23.5 Å². The number of nitriles is 1. The lowest BCUT2D eigenvalue weighted by molar-refractivity contribution is -0.137. The molecule has 26 heavy (non-hydrogen) atoms. The Balaban J connectivity index is 2.33. The molecule has 0 spiro atoms. The smallest absolute Gasteiger partial charge is 0.349 e. The van der Waals surface area contributed by atoms with E-state index in [-0.39, 0.29) is 29.4 Å². The molecule has 0 aliphatic heterocycles. The summed E-state index contributed by atoms with van der Waals surface area (Å²) in [6.45, 7) is 3.76. The molecule has 6 nitrogen and oxygen atoms in total. The summed E-state index contributed by atoms with van der Waals surface area (Å²) in [6, 6.07) is 9.85. The van der Waals surface area contributed by atoms with Crippen LogP contribution in [0.3, 0.4) is 0 Å². The van der Waals surface area contributed by atoms with Crippen molar-refractivity contribution in [3.63, 3.8) is 0 Å². The van der Waals surface area contributed by atoms with Gasteiger partial charge in [0.2, 0.25) is 0 Å². The monoisotopic (exact) mass is 373 g/mol. The van der Waals surface area contributed by atoms with E-state index in [2.05, 4.69) is 0 Å². The molecule has 134 valence electrons. The molecule has 0 N–H and O–H groups in total. The second-order valence-electron chi connectivity index (χ2n) is 5.01. The maximum atomic E-state index is 11.9. The molecule has 0 saturated heterocycles. The molecule has 0 amide bonds. The second-order valence-corrected chi connectivity index (χ2v) is 5.41. The van der Waals surface area contributed by atoms with E-state index in [1.807, 2.05) is 0 Å². The van der Waals surface area contributed by atoms with E-state index in [1.165, 1.54) is 6.08 Å². The Kier molecular flexibility index (Phi) is 6.59. The van der Waals surface area contributed by atoms with Crippen LogP contribution in [0, 0.1) is 11.3 Å². The van der Waals surface area contributed by atoms with Crippen LogP contribution in [0.25, 0.3) is 17.4 Å². The molecule has 0 fully saturated rings. The van der Waals surface area contributed by atoms with Crippen molar-refractivity contribution in [2.24, 2.45) is 0 Å². The number of ether oxygens (including phenoxy) is 2. The van der Waals surface area contributed by atoms with Gasteiger partial charge in [-0.2, -0.15) is 5.26 Å². The van der Waals surface area contributed by atoms with Crippen molar-refractivity contribution in [2.45, 2.75) is 13.8 Å².